The Balaban J connectivity index is 2.03. The molecule has 2 aliphatic heterocycles. The molecule has 0 saturated heterocycles. The molecule has 1 aliphatic carbocycles. The SMILES string of the molecule is O=C1OC2c3ccccc3CC1c1ccccc12. The summed E-state index contributed by atoms with van der Waals surface area (Å²) >= 11 is 0. The maximum absolute atomic E-state index is 12.1. The van der Waals surface area contributed by atoms with Gasteiger partial charge in [0.15, 0.2) is 6.10 Å². The smallest absolute Gasteiger partial charge is 0.314 e. The van der Waals surface area contributed by atoms with E-state index in [1.54, 1.807) is 0 Å². The predicted molar refractivity (Wildman–Crippen MR) is 67.3 cm³/mol. The Morgan fingerprint density at radius 2 is 1.56 bits per heavy atom. The maximum Gasteiger partial charge on any atom is 0.314 e. The monoisotopic (exact) mass is 236 g/mol. The first-order valence-corrected chi connectivity index (χ1v) is 6.22. The quantitative estimate of drug-likeness (QED) is 0.657. The van der Waals surface area contributed by atoms with Gasteiger partial charge in [0.25, 0.3) is 0 Å². The second kappa shape index (κ2) is 3.45. The molecule has 5 rings (SSSR count). The highest BCUT2D eigenvalue weighted by atomic mass is 16.5. The number of fused-ring (bicyclic) bond motifs is 1. The Morgan fingerprint density at radius 3 is 2.39 bits per heavy atom. The first kappa shape index (κ1) is 9.89. The summed E-state index contributed by atoms with van der Waals surface area (Å²) in [4.78, 5) is 12.1. The summed E-state index contributed by atoms with van der Waals surface area (Å²) < 4.78 is 5.62. The van der Waals surface area contributed by atoms with Crippen LogP contribution in [0.5, 0.6) is 0 Å². The number of carbonyl (C=O) groups excluding carboxylic acids is 1. The molecule has 88 valence electrons. The molecule has 2 heterocycles. The molecule has 18 heavy (non-hydrogen) atoms. The lowest BCUT2D eigenvalue weighted by atomic mass is 9.89. The van der Waals surface area contributed by atoms with Crippen LogP contribution in [0.1, 0.15) is 34.3 Å². The molecule has 2 aromatic rings. The van der Waals surface area contributed by atoms with Crippen molar-refractivity contribution in [2.45, 2.75) is 18.4 Å². The van der Waals surface area contributed by atoms with Gasteiger partial charge < -0.3 is 4.74 Å². The van der Waals surface area contributed by atoms with E-state index in [4.69, 9.17) is 4.74 Å². The van der Waals surface area contributed by atoms with E-state index < -0.39 is 0 Å². The van der Waals surface area contributed by atoms with Crippen molar-refractivity contribution in [2.24, 2.45) is 0 Å². The number of ether oxygens (including phenoxy) is 1. The fraction of sp³-hybridized carbons (Fsp3) is 0.188. The minimum absolute atomic E-state index is 0.0881. The summed E-state index contributed by atoms with van der Waals surface area (Å²) in [6.45, 7) is 0. The molecule has 0 fully saturated rings. The third-order valence-corrected chi connectivity index (χ3v) is 3.93. The second-order valence-corrected chi connectivity index (χ2v) is 4.90. The molecule has 0 N–H and O–H groups in total. The molecular weight excluding hydrogens is 224 g/mol. The van der Waals surface area contributed by atoms with Crippen LogP contribution in [0.2, 0.25) is 0 Å². The van der Waals surface area contributed by atoms with Crippen LogP contribution < -0.4 is 0 Å². The van der Waals surface area contributed by atoms with Gasteiger partial charge in [-0.1, -0.05) is 48.5 Å². The van der Waals surface area contributed by atoms with E-state index in [2.05, 4.69) is 24.3 Å². The zero-order valence-corrected chi connectivity index (χ0v) is 9.80. The van der Waals surface area contributed by atoms with Gasteiger partial charge in [0.2, 0.25) is 0 Å². The van der Waals surface area contributed by atoms with E-state index in [-0.39, 0.29) is 18.0 Å². The van der Waals surface area contributed by atoms with Gasteiger partial charge in [-0.15, -0.1) is 0 Å². The van der Waals surface area contributed by atoms with Crippen molar-refractivity contribution >= 4 is 5.97 Å². The van der Waals surface area contributed by atoms with Crippen molar-refractivity contribution in [1.29, 1.82) is 0 Å². The number of esters is 1. The summed E-state index contributed by atoms with van der Waals surface area (Å²) in [5.41, 5.74) is 4.65. The minimum Gasteiger partial charge on any atom is -0.452 e. The van der Waals surface area contributed by atoms with Crippen LogP contribution in [0.15, 0.2) is 48.5 Å². The molecule has 0 spiro atoms. The van der Waals surface area contributed by atoms with Gasteiger partial charge in [-0.3, -0.25) is 4.79 Å². The Hall–Kier alpha value is -2.09. The van der Waals surface area contributed by atoms with Gasteiger partial charge in [0, 0.05) is 11.1 Å². The summed E-state index contributed by atoms with van der Waals surface area (Å²) in [5.74, 6) is -0.226. The first-order valence-electron chi connectivity index (χ1n) is 6.22. The van der Waals surface area contributed by atoms with Crippen LogP contribution >= 0.6 is 0 Å². The fourth-order valence-electron chi connectivity index (χ4n) is 3.08. The van der Waals surface area contributed by atoms with Crippen LogP contribution in [-0.2, 0) is 16.0 Å². The minimum atomic E-state index is -0.219. The van der Waals surface area contributed by atoms with Gasteiger partial charge in [-0.25, -0.2) is 0 Å². The van der Waals surface area contributed by atoms with Crippen molar-refractivity contribution in [2.75, 3.05) is 0 Å². The second-order valence-electron chi connectivity index (χ2n) is 4.90. The van der Waals surface area contributed by atoms with Gasteiger partial charge in [-0.05, 0) is 17.5 Å². The highest BCUT2D eigenvalue weighted by molar-refractivity contribution is 5.83. The largest absolute Gasteiger partial charge is 0.452 e. The van der Waals surface area contributed by atoms with Crippen molar-refractivity contribution < 1.29 is 9.53 Å². The molecule has 2 aromatic carbocycles. The van der Waals surface area contributed by atoms with E-state index in [0.29, 0.717) is 0 Å². The highest BCUT2D eigenvalue weighted by Crippen LogP contribution is 2.44. The molecule has 0 aromatic heterocycles. The van der Waals surface area contributed by atoms with Gasteiger partial charge in [-0.2, -0.15) is 0 Å². The van der Waals surface area contributed by atoms with E-state index in [1.807, 2.05) is 24.3 Å². The van der Waals surface area contributed by atoms with E-state index in [1.165, 1.54) is 5.56 Å². The number of rotatable bonds is 0. The Morgan fingerprint density at radius 1 is 0.889 bits per heavy atom. The fourth-order valence-corrected chi connectivity index (χ4v) is 3.08. The molecule has 2 unspecified atom stereocenters. The zero-order valence-electron chi connectivity index (χ0n) is 9.80. The van der Waals surface area contributed by atoms with Crippen LogP contribution in [0.25, 0.3) is 0 Å². The number of hydrogen-bond donors (Lipinski definition) is 0. The molecular formula is C16H12O2. The van der Waals surface area contributed by atoms with E-state index >= 15 is 0 Å². The third-order valence-electron chi connectivity index (χ3n) is 3.93. The molecule has 3 aliphatic rings. The molecule has 0 radical (unpaired) electrons. The standard InChI is InChI=1S/C16H12O2/c17-16-14-9-10-5-1-2-6-11(10)15(18-16)13-8-4-3-7-12(13)14/h1-8,14-15H,9H2. The summed E-state index contributed by atoms with van der Waals surface area (Å²) in [6, 6.07) is 16.3. The van der Waals surface area contributed by atoms with Gasteiger partial charge in [0.1, 0.15) is 0 Å². The first-order chi connectivity index (χ1) is 8.84. The lowest BCUT2D eigenvalue weighted by Gasteiger charge is -2.27. The average molecular weight is 236 g/mol. The van der Waals surface area contributed by atoms with Crippen molar-refractivity contribution in [3.8, 4) is 0 Å². The van der Waals surface area contributed by atoms with Gasteiger partial charge in [0.05, 0.1) is 5.92 Å². The van der Waals surface area contributed by atoms with E-state index in [9.17, 15) is 4.79 Å². The highest BCUT2D eigenvalue weighted by Gasteiger charge is 2.40. The average Bonchev–Trinajstić information content (AvgIpc) is 2.64. The summed E-state index contributed by atoms with van der Waals surface area (Å²) in [7, 11) is 0. The zero-order chi connectivity index (χ0) is 12.1. The molecule has 0 amide bonds. The maximum atomic E-state index is 12.1. The predicted octanol–water partition coefficient (Wildman–Crippen LogP) is 2.97. The van der Waals surface area contributed by atoms with E-state index in [0.717, 1.165) is 23.1 Å². The topological polar surface area (TPSA) is 26.3 Å². The Kier molecular flexibility index (Phi) is 1.90. The third kappa shape index (κ3) is 1.20. The van der Waals surface area contributed by atoms with Crippen molar-refractivity contribution in [1.82, 2.24) is 0 Å². The van der Waals surface area contributed by atoms with Gasteiger partial charge >= 0.3 is 5.97 Å². The Bertz CT molecular complexity index is 645. The van der Waals surface area contributed by atoms with Crippen molar-refractivity contribution in [3.63, 3.8) is 0 Å². The number of carbonyl (C=O) groups is 1. The lowest BCUT2D eigenvalue weighted by molar-refractivity contribution is -0.150. The molecule has 2 heteroatoms. The normalized spacial score (nSPS) is 23.9. The lowest BCUT2D eigenvalue weighted by Crippen LogP contribution is -2.24. The van der Waals surface area contributed by atoms with Crippen LogP contribution in [-0.4, -0.2) is 5.97 Å². The van der Waals surface area contributed by atoms with Crippen LogP contribution in [0.4, 0.5) is 0 Å². The molecule has 2 atom stereocenters. The molecule has 2 bridgehead atoms. The Labute approximate surface area is 105 Å². The van der Waals surface area contributed by atoms with Crippen molar-refractivity contribution in [3.05, 3.63) is 70.8 Å². The molecule has 2 nitrogen and oxygen atoms in total. The van der Waals surface area contributed by atoms with Crippen LogP contribution in [0, 0.1) is 0 Å². The number of benzene rings is 2. The molecule has 0 saturated carbocycles. The number of hydrogen-bond acceptors (Lipinski definition) is 2. The van der Waals surface area contributed by atoms with Crippen LogP contribution in [0.3, 0.4) is 0 Å². The summed E-state index contributed by atoms with van der Waals surface area (Å²) in [5, 5.41) is 0. The summed E-state index contributed by atoms with van der Waals surface area (Å²) in [6.07, 6.45) is 0.534.